The van der Waals surface area contributed by atoms with Gasteiger partial charge < -0.3 is 4.74 Å². The highest BCUT2D eigenvalue weighted by atomic mass is 32.2. The first kappa shape index (κ1) is 20.7. The fourth-order valence-corrected chi connectivity index (χ4v) is 3.79. The highest BCUT2D eigenvalue weighted by Crippen LogP contribution is 2.21. The van der Waals surface area contributed by atoms with E-state index in [9.17, 15) is 4.79 Å². The lowest BCUT2D eigenvalue weighted by molar-refractivity contribution is 0.100. The van der Waals surface area contributed by atoms with Gasteiger partial charge in [-0.05, 0) is 42.3 Å². The number of benzene rings is 3. The molecule has 1 N–H and O–H groups in total. The standard InChI is InChI=1S/C24H22N4O2S/c1-18-25-26-24(31-17-20-10-6-3-7-11-20)28(18)27-23(29)21-12-14-22(15-13-21)30-16-19-8-4-2-5-9-19/h2-15H,16-17H2,1H3,(H,27,29). The molecule has 0 atom stereocenters. The van der Waals surface area contributed by atoms with E-state index < -0.39 is 0 Å². The van der Waals surface area contributed by atoms with Gasteiger partial charge >= 0.3 is 0 Å². The first-order valence-corrected chi connectivity index (χ1v) is 10.8. The Balaban J connectivity index is 1.37. The Morgan fingerprint density at radius 3 is 2.23 bits per heavy atom. The summed E-state index contributed by atoms with van der Waals surface area (Å²) >= 11 is 1.52. The number of hydrogen-bond acceptors (Lipinski definition) is 5. The molecule has 0 bridgehead atoms. The zero-order valence-electron chi connectivity index (χ0n) is 17.1. The Labute approximate surface area is 185 Å². The Kier molecular flexibility index (Phi) is 6.64. The number of nitrogens with one attached hydrogen (secondary N) is 1. The van der Waals surface area contributed by atoms with Gasteiger partial charge in [0.2, 0.25) is 5.16 Å². The van der Waals surface area contributed by atoms with Crippen LogP contribution < -0.4 is 10.2 Å². The number of carbonyl (C=O) groups is 1. The fraction of sp³-hybridized carbons (Fsp3) is 0.125. The second-order valence-corrected chi connectivity index (χ2v) is 7.82. The number of hydrogen-bond donors (Lipinski definition) is 1. The monoisotopic (exact) mass is 430 g/mol. The van der Waals surface area contributed by atoms with Crippen molar-refractivity contribution in [2.45, 2.75) is 24.4 Å². The average molecular weight is 431 g/mol. The SMILES string of the molecule is Cc1nnc(SCc2ccccc2)n1NC(=O)c1ccc(OCc2ccccc2)cc1. The molecule has 0 radical (unpaired) electrons. The van der Waals surface area contributed by atoms with Crippen molar-refractivity contribution < 1.29 is 9.53 Å². The maximum Gasteiger partial charge on any atom is 0.270 e. The van der Waals surface area contributed by atoms with Crippen LogP contribution in [0.15, 0.2) is 90.1 Å². The number of nitrogens with zero attached hydrogens (tertiary/aromatic N) is 3. The minimum absolute atomic E-state index is 0.237. The minimum atomic E-state index is -0.237. The van der Waals surface area contributed by atoms with Gasteiger partial charge in [-0.1, -0.05) is 72.4 Å². The zero-order valence-corrected chi connectivity index (χ0v) is 17.9. The smallest absolute Gasteiger partial charge is 0.270 e. The zero-order chi connectivity index (χ0) is 21.5. The van der Waals surface area contributed by atoms with E-state index in [1.807, 2.05) is 48.5 Å². The molecular weight excluding hydrogens is 408 g/mol. The molecule has 7 heteroatoms. The van der Waals surface area contributed by atoms with Crippen molar-refractivity contribution in [2.24, 2.45) is 0 Å². The van der Waals surface area contributed by atoms with Crippen LogP contribution in [0.25, 0.3) is 0 Å². The number of ether oxygens (including phenoxy) is 1. The minimum Gasteiger partial charge on any atom is -0.489 e. The molecule has 31 heavy (non-hydrogen) atoms. The maximum atomic E-state index is 12.7. The summed E-state index contributed by atoms with van der Waals surface area (Å²) in [6, 6.07) is 27.1. The third kappa shape index (κ3) is 5.52. The van der Waals surface area contributed by atoms with Gasteiger partial charge in [-0.3, -0.25) is 10.2 Å². The van der Waals surface area contributed by atoms with Crippen LogP contribution in [0.5, 0.6) is 5.75 Å². The molecule has 0 saturated carbocycles. The number of amides is 1. The van der Waals surface area contributed by atoms with Gasteiger partial charge in [0, 0.05) is 11.3 Å². The lowest BCUT2D eigenvalue weighted by Crippen LogP contribution is -2.24. The van der Waals surface area contributed by atoms with Gasteiger partial charge in [-0.25, -0.2) is 4.68 Å². The van der Waals surface area contributed by atoms with Crippen LogP contribution in [0.1, 0.15) is 27.3 Å². The van der Waals surface area contributed by atoms with Crippen LogP contribution in [0.2, 0.25) is 0 Å². The molecule has 1 heterocycles. The summed E-state index contributed by atoms with van der Waals surface area (Å²) in [6.07, 6.45) is 0. The highest BCUT2D eigenvalue weighted by Gasteiger charge is 2.14. The molecule has 0 aliphatic carbocycles. The predicted octanol–water partition coefficient (Wildman–Crippen LogP) is 4.84. The van der Waals surface area contributed by atoms with Gasteiger partial charge in [0.25, 0.3) is 5.91 Å². The van der Waals surface area contributed by atoms with Crippen LogP contribution in [0.4, 0.5) is 0 Å². The van der Waals surface area contributed by atoms with E-state index in [1.54, 1.807) is 35.9 Å². The van der Waals surface area contributed by atoms with E-state index >= 15 is 0 Å². The summed E-state index contributed by atoms with van der Waals surface area (Å²) in [4.78, 5) is 12.7. The Morgan fingerprint density at radius 2 is 1.55 bits per heavy atom. The molecule has 1 aromatic heterocycles. The van der Waals surface area contributed by atoms with Gasteiger partial charge in [0.15, 0.2) is 0 Å². The molecule has 3 aromatic carbocycles. The lowest BCUT2D eigenvalue weighted by Gasteiger charge is -2.11. The number of aryl methyl sites for hydroxylation is 1. The third-order valence-electron chi connectivity index (χ3n) is 4.58. The summed E-state index contributed by atoms with van der Waals surface area (Å²) in [7, 11) is 0. The van der Waals surface area contributed by atoms with Crippen molar-refractivity contribution in [2.75, 3.05) is 5.43 Å². The van der Waals surface area contributed by atoms with Crippen LogP contribution >= 0.6 is 11.8 Å². The summed E-state index contributed by atoms with van der Waals surface area (Å²) in [5, 5.41) is 8.92. The second-order valence-electron chi connectivity index (χ2n) is 6.88. The largest absolute Gasteiger partial charge is 0.489 e. The van der Waals surface area contributed by atoms with Crippen LogP contribution in [0.3, 0.4) is 0 Å². The first-order valence-electron chi connectivity index (χ1n) is 9.86. The van der Waals surface area contributed by atoms with Crippen molar-refractivity contribution in [3.63, 3.8) is 0 Å². The van der Waals surface area contributed by atoms with E-state index in [0.29, 0.717) is 28.9 Å². The number of thioether (sulfide) groups is 1. The quantitative estimate of drug-likeness (QED) is 0.405. The summed E-state index contributed by atoms with van der Waals surface area (Å²) < 4.78 is 7.41. The van der Waals surface area contributed by atoms with Crippen molar-refractivity contribution in [3.8, 4) is 5.75 Å². The topological polar surface area (TPSA) is 69.0 Å². The van der Waals surface area contributed by atoms with E-state index in [-0.39, 0.29) is 5.91 Å². The van der Waals surface area contributed by atoms with Crippen LogP contribution in [-0.4, -0.2) is 20.8 Å². The van der Waals surface area contributed by atoms with Gasteiger partial charge in [-0.2, -0.15) is 0 Å². The molecular formula is C24H22N4O2S. The maximum absolute atomic E-state index is 12.7. The fourth-order valence-electron chi connectivity index (χ4n) is 2.90. The molecule has 6 nitrogen and oxygen atoms in total. The summed E-state index contributed by atoms with van der Waals surface area (Å²) in [5.41, 5.74) is 5.68. The Hall–Kier alpha value is -3.58. The van der Waals surface area contributed by atoms with E-state index in [0.717, 1.165) is 11.3 Å². The van der Waals surface area contributed by atoms with Crippen molar-refractivity contribution >= 4 is 17.7 Å². The number of aromatic nitrogens is 3. The first-order chi connectivity index (χ1) is 15.2. The van der Waals surface area contributed by atoms with E-state index in [4.69, 9.17) is 4.74 Å². The lowest BCUT2D eigenvalue weighted by atomic mass is 10.2. The van der Waals surface area contributed by atoms with Gasteiger partial charge in [-0.15, -0.1) is 10.2 Å². The molecule has 0 unspecified atom stereocenters. The molecule has 0 aliphatic rings. The molecule has 0 saturated heterocycles. The molecule has 0 spiro atoms. The van der Waals surface area contributed by atoms with Crippen molar-refractivity contribution in [1.82, 2.24) is 14.9 Å². The Morgan fingerprint density at radius 1 is 0.903 bits per heavy atom. The van der Waals surface area contributed by atoms with Crippen molar-refractivity contribution in [1.29, 1.82) is 0 Å². The molecule has 0 aliphatic heterocycles. The average Bonchev–Trinajstić information content (AvgIpc) is 3.17. The molecule has 4 rings (SSSR count). The molecule has 156 valence electrons. The normalized spacial score (nSPS) is 10.6. The predicted molar refractivity (Wildman–Crippen MR) is 122 cm³/mol. The second kappa shape index (κ2) is 9.95. The Bertz CT molecular complexity index is 1130. The van der Waals surface area contributed by atoms with E-state index in [2.05, 4.69) is 27.8 Å². The van der Waals surface area contributed by atoms with E-state index in [1.165, 1.54) is 17.3 Å². The number of rotatable bonds is 8. The van der Waals surface area contributed by atoms with Crippen LogP contribution in [-0.2, 0) is 12.4 Å². The van der Waals surface area contributed by atoms with Gasteiger partial charge in [0.1, 0.15) is 18.2 Å². The molecule has 0 fully saturated rings. The van der Waals surface area contributed by atoms with Crippen molar-refractivity contribution in [3.05, 3.63) is 107 Å². The summed E-state index contributed by atoms with van der Waals surface area (Å²) in [6.45, 7) is 2.29. The highest BCUT2D eigenvalue weighted by molar-refractivity contribution is 7.98. The molecule has 4 aromatic rings. The van der Waals surface area contributed by atoms with Gasteiger partial charge in [0.05, 0.1) is 0 Å². The summed E-state index contributed by atoms with van der Waals surface area (Å²) in [5.74, 6) is 1.83. The number of carbonyl (C=O) groups excluding carboxylic acids is 1. The third-order valence-corrected chi connectivity index (χ3v) is 5.58. The van der Waals surface area contributed by atoms with Crippen LogP contribution in [0, 0.1) is 6.92 Å². The molecule has 1 amide bonds.